The number of carbonyl (C=O) groups excluding carboxylic acids is 2. The Bertz CT molecular complexity index is 898. The molecule has 0 saturated heterocycles. The van der Waals surface area contributed by atoms with Crippen molar-refractivity contribution in [3.05, 3.63) is 71.3 Å². The standard InChI is InChI=1S/C19H13F3N2O3/c20-19(21,22)15-8-5-13(6-9-15)7-10-18(26)27-12-17(25)24-16-4-2-1-3-14(16)11-23/h1-10H,12H2,(H,24,25)/b10-7+. The van der Waals surface area contributed by atoms with Crippen LogP contribution in [-0.2, 0) is 20.5 Å². The number of alkyl halides is 3. The molecule has 0 radical (unpaired) electrons. The summed E-state index contributed by atoms with van der Waals surface area (Å²) in [6.45, 7) is -0.573. The van der Waals surface area contributed by atoms with Crippen LogP contribution in [-0.4, -0.2) is 18.5 Å². The molecule has 1 amide bonds. The number of benzene rings is 2. The van der Waals surface area contributed by atoms with E-state index in [0.717, 1.165) is 18.2 Å². The third kappa shape index (κ3) is 6.01. The van der Waals surface area contributed by atoms with Crippen LogP contribution >= 0.6 is 0 Å². The van der Waals surface area contributed by atoms with Crippen LogP contribution < -0.4 is 5.32 Å². The average molecular weight is 374 g/mol. The predicted octanol–water partition coefficient (Wildman–Crippen LogP) is 3.77. The third-order valence-corrected chi connectivity index (χ3v) is 3.32. The second-order valence-corrected chi connectivity index (χ2v) is 5.27. The van der Waals surface area contributed by atoms with Gasteiger partial charge in [-0.3, -0.25) is 4.79 Å². The summed E-state index contributed by atoms with van der Waals surface area (Å²) >= 11 is 0. The Kier molecular flexibility index (Phi) is 6.33. The van der Waals surface area contributed by atoms with Crippen molar-refractivity contribution in [3.63, 3.8) is 0 Å². The minimum Gasteiger partial charge on any atom is -0.452 e. The van der Waals surface area contributed by atoms with Crippen LogP contribution in [0.15, 0.2) is 54.6 Å². The molecule has 0 spiro atoms. The van der Waals surface area contributed by atoms with Gasteiger partial charge in [0.2, 0.25) is 0 Å². The third-order valence-electron chi connectivity index (χ3n) is 3.32. The van der Waals surface area contributed by atoms with Gasteiger partial charge in [0.1, 0.15) is 6.07 Å². The van der Waals surface area contributed by atoms with Gasteiger partial charge in [-0.1, -0.05) is 24.3 Å². The number of rotatable bonds is 5. The van der Waals surface area contributed by atoms with Gasteiger partial charge < -0.3 is 10.1 Å². The van der Waals surface area contributed by atoms with Gasteiger partial charge >= 0.3 is 12.1 Å². The number of halogens is 3. The number of para-hydroxylation sites is 1. The molecule has 0 aliphatic heterocycles. The van der Waals surface area contributed by atoms with E-state index in [4.69, 9.17) is 10.00 Å². The number of anilines is 1. The molecule has 5 nitrogen and oxygen atoms in total. The monoisotopic (exact) mass is 374 g/mol. The first kappa shape index (κ1) is 19.7. The lowest BCUT2D eigenvalue weighted by Crippen LogP contribution is -2.20. The first-order valence-electron chi connectivity index (χ1n) is 7.60. The Morgan fingerprint density at radius 3 is 2.41 bits per heavy atom. The lowest BCUT2D eigenvalue weighted by molar-refractivity contribution is -0.142. The summed E-state index contributed by atoms with van der Waals surface area (Å²) in [7, 11) is 0. The molecule has 0 aromatic heterocycles. The zero-order valence-corrected chi connectivity index (χ0v) is 13.8. The van der Waals surface area contributed by atoms with Gasteiger partial charge in [0.15, 0.2) is 6.61 Å². The molecule has 0 saturated carbocycles. The number of hydrogen-bond acceptors (Lipinski definition) is 4. The maximum atomic E-state index is 12.5. The van der Waals surface area contributed by atoms with E-state index in [1.54, 1.807) is 12.1 Å². The van der Waals surface area contributed by atoms with Crippen molar-refractivity contribution < 1.29 is 27.5 Å². The zero-order valence-electron chi connectivity index (χ0n) is 13.8. The summed E-state index contributed by atoms with van der Waals surface area (Å²) < 4.78 is 42.1. The highest BCUT2D eigenvalue weighted by Crippen LogP contribution is 2.29. The molecule has 2 aromatic rings. The molecule has 0 fully saturated rings. The molecule has 0 aliphatic carbocycles. The van der Waals surface area contributed by atoms with E-state index in [1.807, 2.05) is 6.07 Å². The van der Waals surface area contributed by atoms with Crippen LogP contribution in [0, 0.1) is 11.3 Å². The molecule has 2 rings (SSSR count). The van der Waals surface area contributed by atoms with E-state index in [9.17, 15) is 22.8 Å². The zero-order chi connectivity index (χ0) is 19.9. The number of ether oxygens (including phenoxy) is 1. The summed E-state index contributed by atoms with van der Waals surface area (Å²) in [5.74, 6) is -1.47. The van der Waals surface area contributed by atoms with E-state index in [-0.39, 0.29) is 5.56 Å². The molecular weight excluding hydrogens is 361 g/mol. The van der Waals surface area contributed by atoms with Crippen LogP contribution in [0.1, 0.15) is 16.7 Å². The maximum Gasteiger partial charge on any atom is 0.416 e. The maximum absolute atomic E-state index is 12.5. The summed E-state index contributed by atoms with van der Waals surface area (Å²) in [6.07, 6.45) is -2.16. The average Bonchev–Trinajstić information content (AvgIpc) is 2.64. The van der Waals surface area contributed by atoms with Crippen molar-refractivity contribution >= 4 is 23.6 Å². The Morgan fingerprint density at radius 1 is 1.11 bits per heavy atom. The van der Waals surface area contributed by atoms with Gasteiger partial charge in [0.05, 0.1) is 16.8 Å². The second-order valence-electron chi connectivity index (χ2n) is 5.27. The van der Waals surface area contributed by atoms with E-state index < -0.39 is 30.2 Å². The molecule has 138 valence electrons. The van der Waals surface area contributed by atoms with Crippen molar-refractivity contribution in [2.75, 3.05) is 11.9 Å². The molecule has 0 unspecified atom stereocenters. The Labute approximate surface area is 152 Å². The number of nitriles is 1. The fourth-order valence-electron chi connectivity index (χ4n) is 2.01. The minimum absolute atomic E-state index is 0.263. The predicted molar refractivity (Wildman–Crippen MR) is 91.2 cm³/mol. The van der Waals surface area contributed by atoms with Crippen LogP contribution in [0.3, 0.4) is 0 Å². The molecule has 27 heavy (non-hydrogen) atoms. The fourth-order valence-corrected chi connectivity index (χ4v) is 2.01. The Balaban J connectivity index is 1.86. The molecule has 2 aromatic carbocycles. The lowest BCUT2D eigenvalue weighted by atomic mass is 10.1. The lowest BCUT2D eigenvalue weighted by Gasteiger charge is -2.07. The topological polar surface area (TPSA) is 79.2 Å². The molecular formula is C19H13F3N2O3. The second kappa shape index (κ2) is 8.67. The van der Waals surface area contributed by atoms with Crippen LogP contribution in [0.2, 0.25) is 0 Å². The number of hydrogen-bond donors (Lipinski definition) is 1. The van der Waals surface area contributed by atoms with E-state index in [1.165, 1.54) is 30.3 Å². The van der Waals surface area contributed by atoms with Crippen LogP contribution in [0.5, 0.6) is 0 Å². The van der Waals surface area contributed by atoms with Gasteiger partial charge in [-0.05, 0) is 35.9 Å². The number of nitrogens with zero attached hydrogens (tertiary/aromatic N) is 1. The highest BCUT2D eigenvalue weighted by atomic mass is 19.4. The highest BCUT2D eigenvalue weighted by Gasteiger charge is 2.29. The van der Waals surface area contributed by atoms with E-state index in [2.05, 4.69) is 5.32 Å². The van der Waals surface area contributed by atoms with Crippen molar-refractivity contribution in [1.82, 2.24) is 0 Å². The van der Waals surface area contributed by atoms with Crippen LogP contribution in [0.4, 0.5) is 18.9 Å². The van der Waals surface area contributed by atoms with Crippen molar-refractivity contribution in [3.8, 4) is 6.07 Å². The van der Waals surface area contributed by atoms with Gasteiger partial charge in [0.25, 0.3) is 5.91 Å². The SMILES string of the molecule is N#Cc1ccccc1NC(=O)COC(=O)/C=C/c1ccc(C(F)(F)F)cc1. The highest BCUT2D eigenvalue weighted by molar-refractivity contribution is 5.95. The largest absolute Gasteiger partial charge is 0.452 e. The first-order chi connectivity index (χ1) is 12.8. The van der Waals surface area contributed by atoms with Crippen molar-refractivity contribution in [2.24, 2.45) is 0 Å². The normalized spacial score (nSPS) is 11.0. The number of esters is 1. The molecule has 8 heteroatoms. The summed E-state index contributed by atoms with van der Waals surface area (Å²) in [5.41, 5.74) is 0.129. The molecule has 0 aliphatic rings. The summed E-state index contributed by atoms with van der Waals surface area (Å²) in [4.78, 5) is 23.4. The molecule has 0 heterocycles. The van der Waals surface area contributed by atoms with Gasteiger partial charge in [-0.25, -0.2) is 4.79 Å². The minimum atomic E-state index is -4.43. The Morgan fingerprint density at radius 2 is 1.78 bits per heavy atom. The number of amides is 1. The van der Waals surface area contributed by atoms with Crippen LogP contribution in [0.25, 0.3) is 6.08 Å². The summed E-state index contributed by atoms with van der Waals surface area (Å²) in [6, 6.07) is 12.4. The number of carbonyl (C=O) groups is 2. The first-order valence-corrected chi connectivity index (χ1v) is 7.60. The van der Waals surface area contributed by atoms with E-state index in [0.29, 0.717) is 11.3 Å². The number of nitrogens with one attached hydrogen (secondary N) is 1. The van der Waals surface area contributed by atoms with Gasteiger partial charge in [-0.2, -0.15) is 18.4 Å². The Hall–Kier alpha value is -3.60. The van der Waals surface area contributed by atoms with Gasteiger partial charge in [-0.15, -0.1) is 0 Å². The van der Waals surface area contributed by atoms with E-state index >= 15 is 0 Å². The summed E-state index contributed by atoms with van der Waals surface area (Å²) in [5, 5.41) is 11.4. The van der Waals surface area contributed by atoms with Crippen molar-refractivity contribution in [2.45, 2.75) is 6.18 Å². The quantitative estimate of drug-likeness (QED) is 0.638. The van der Waals surface area contributed by atoms with Gasteiger partial charge in [0, 0.05) is 6.08 Å². The van der Waals surface area contributed by atoms with Crippen molar-refractivity contribution in [1.29, 1.82) is 5.26 Å². The fraction of sp³-hybridized carbons (Fsp3) is 0.105. The molecule has 1 N–H and O–H groups in total. The smallest absolute Gasteiger partial charge is 0.416 e. The molecule has 0 bridgehead atoms. The molecule has 0 atom stereocenters.